The summed E-state index contributed by atoms with van der Waals surface area (Å²) in [6.45, 7) is 10.5. The summed E-state index contributed by atoms with van der Waals surface area (Å²) in [4.78, 5) is 10.9. The molecule has 0 atom stereocenters. The van der Waals surface area contributed by atoms with Gasteiger partial charge in [0.1, 0.15) is 12.1 Å². The van der Waals surface area contributed by atoms with Gasteiger partial charge in [0.05, 0.1) is 0 Å². The van der Waals surface area contributed by atoms with Crippen LogP contribution >= 0.6 is 0 Å². The molecule has 0 N–H and O–H groups in total. The van der Waals surface area contributed by atoms with Crippen LogP contribution in [0.1, 0.15) is 32.0 Å². The molecular formula is C11H19N3. The van der Waals surface area contributed by atoms with Crippen LogP contribution in [0.5, 0.6) is 0 Å². The highest BCUT2D eigenvalue weighted by Gasteiger charge is 2.10. The van der Waals surface area contributed by atoms with Crippen molar-refractivity contribution in [2.45, 2.75) is 34.1 Å². The molecule has 3 nitrogen and oxygen atoms in total. The van der Waals surface area contributed by atoms with Gasteiger partial charge >= 0.3 is 0 Å². The lowest BCUT2D eigenvalue weighted by molar-refractivity contribution is 0.821. The molecule has 1 aromatic rings. The Morgan fingerprint density at radius 1 is 1.14 bits per heavy atom. The summed E-state index contributed by atoms with van der Waals surface area (Å²) in [6, 6.07) is 0. The molecule has 1 heterocycles. The van der Waals surface area contributed by atoms with Crippen molar-refractivity contribution in [3.63, 3.8) is 0 Å². The third-order valence-electron chi connectivity index (χ3n) is 2.55. The summed E-state index contributed by atoms with van der Waals surface area (Å²) < 4.78 is 0. The van der Waals surface area contributed by atoms with Crippen molar-refractivity contribution in [3.8, 4) is 0 Å². The Balaban J connectivity index is 3.11. The van der Waals surface area contributed by atoms with Crippen LogP contribution in [0.15, 0.2) is 6.33 Å². The molecule has 0 aliphatic heterocycles. The predicted molar refractivity (Wildman–Crippen MR) is 59.7 cm³/mol. The maximum Gasteiger partial charge on any atom is 0.135 e. The Morgan fingerprint density at radius 2 is 1.79 bits per heavy atom. The molecule has 0 saturated heterocycles. The Bertz CT molecular complexity index is 293. The van der Waals surface area contributed by atoms with Crippen LogP contribution in [0.4, 0.5) is 5.82 Å². The van der Waals surface area contributed by atoms with E-state index in [-0.39, 0.29) is 0 Å². The largest absolute Gasteiger partial charge is 0.357 e. The van der Waals surface area contributed by atoms with Crippen LogP contribution in [-0.4, -0.2) is 23.1 Å². The lowest BCUT2D eigenvalue weighted by Gasteiger charge is -2.22. The van der Waals surface area contributed by atoms with Crippen LogP contribution in [-0.2, 0) is 6.42 Å². The fourth-order valence-electron chi connectivity index (χ4n) is 1.70. The molecule has 0 unspecified atom stereocenters. The first-order chi connectivity index (χ1) is 6.74. The minimum atomic E-state index is 0.999. The highest BCUT2D eigenvalue weighted by atomic mass is 15.2. The van der Waals surface area contributed by atoms with Crippen molar-refractivity contribution >= 4 is 5.82 Å². The van der Waals surface area contributed by atoms with Gasteiger partial charge in [-0.15, -0.1) is 0 Å². The van der Waals surface area contributed by atoms with Crippen LogP contribution < -0.4 is 4.90 Å². The number of hydrogen-bond donors (Lipinski definition) is 0. The van der Waals surface area contributed by atoms with Crippen LogP contribution in [0.3, 0.4) is 0 Å². The van der Waals surface area contributed by atoms with Crippen molar-refractivity contribution in [2.75, 3.05) is 18.0 Å². The van der Waals surface area contributed by atoms with Gasteiger partial charge in [-0.05, 0) is 27.2 Å². The van der Waals surface area contributed by atoms with E-state index >= 15 is 0 Å². The van der Waals surface area contributed by atoms with Gasteiger partial charge in [0, 0.05) is 24.3 Å². The number of aryl methyl sites for hydroxylation is 1. The molecule has 0 spiro atoms. The molecule has 78 valence electrons. The molecule has 3 heteroatoms. The molecule has 14 heavy (non-hydrogen) atoms. The van der Waals surface area contributed by atoms with Gasteiger partial charge in [0.15, 0.2) is 0 Å². The van der Waals surface area contributed by atoms with Gasteiger partial charge in [-0.25, -0.2) is 9.97 Å². The van der Waals surface area contributed by atoms with E-state index < -0.39 is 0 Å². The summed E-state index contributed by atoms with van der Waals surface area (Å²) in [5, 5.41) is 0. The van der Waals surface area contributed by atoms with E-state index in [2.05, 4.69) is 35.6 Å². The van der Waals surface area contributed by atoms with E-state index in [4.69, 9.17) is 0 Å². The Kier molecular flexibility index (Phi) is 3.86. The second-order valence-corrected chi connectivity index (χ2v) is 3.29. The van der Waals surface area contributed by atoms with E-state index in [1.54, 1.807) is 6.33 Å². The summed E-state index contributed by atoms with van der Waals surface area (Å²) in [6.07, 6.45) is 2.65. The number of rotatable bonds is 4. The second-order valence-electron chi connectivity index (χ2n) is 3.29. The van der Waals surface area contributed by atoms with E-state index in [9.17, 15) is 0 Å². The number of nitrogens with zero attached hydrogens (tertiary/aromatic N) is 3. The third kappa shape index (κ3) is 2.03. The zero-order chi connectivity index (χ0) is 10.6. The first-order valence-corrected chi connectivity index (χ1v) is 5.29. The Hall–Kier alpha value is -1.12. The zero-order valence-electron chi connectivity index (χ0n) is 9.54. The van der Waals surface area contributed by atoms with Crippen molar-refractivity contribution in [1.29, 1.82) is 0 Å². The Labute approximate surface area is 86.2 Å². The van der Waals surface area contributed by atoms with E-state index in [1.807, 2.05) is 6.92 Å². The predicted octanol–water partition coefficient (Wildman–Crippen LogP) is 2.19. The minimum absolute atomic E-state index is 0.999. The second kappa shape index (κ2) is 4.94. The summed E-state index contributed by atoms with van der Waals surface area (Å²) in [5.74, 6) is 1.10. The smallest absolute Gasteiger partial charge is 0.135 e. The third-order valence-corrected chi connectivity index (χ3v) is 2.55. The first-order valence-electron chi connectivity index (χ1n) is 5.29. The van der Waals surface area contributed by atoms with Crippen LogP contribution in [0, 0.1) is 6.92 Å². The molecule has 0 aromatic carbocycles. The van der Waals surface area contributed by atoms with Crippen LogP contribution in [0.2, 0.25) is 0 Å². The lowest BCUT2D eigenvalue weighted by Crippen LogP contribution is -2.24. The molecular weight excluding hydrogens is 174 g/mol. The quantitative estimate of drug-likeness (QED) is 0.734. The highest BCUT2D eigenvalue weighted by Crippen LogP contribution is 2.19. The van der Waals surface area contributed by atoms with E-state index in [1.165, 1.54) is 5.56 Å². The molecule has 0 aliphatic rings. The Morgan fingerprint density at radius 3 is 2.29 bits per heavy atom. The van der Waals surface area contributed by atoms with Gasteiger partial charge in [-0.2, -0.15) is 0 Å². The topological polar surface area (TPSA) is 29.0 Å². The molecule has 0 fully saturated rings. The van der Waals surface area contributed by atoms with Crippen molar-refractivity contribution < 1.29 is 0 Å². The SMILES string of the molecule is CCc1c(C)ncnc1N(CC)CC. The highest BCUT2D eigenvalue weighted by molar-refractivity contribution is 5.48. The summed E-state index contributed by atoms with van der Waals surface area (Å²) in [7, 11) is 0. The van der Waals surface area contributed by atoms with Crippen molar-refractivity contribution in [1.82, 2.24) is 9.97 Å². The van der Waals surface area contributed by atoms with Crippen LogP contribution in [0.25, 0.3) is 0 Å². The van der Waals surface area contributed by atoms with Gasteiger partial charge in [-0.3, -0.25) is 0 Å². The molecule has 0 amide bonds. The van der Waals surface area contributed by atoms with Gasteiger partial charge < -0.3 is 4.90 Å². The number of aromatic nitrogens is 2. The fraction of sp³-hybridized carbons (Fsp3) is 0.636. The average Bonchev–Trinajstić information content (AvgIpc) is 2.20. The fourth-order valence-corrected chi connectivity index (χ4v) is 1.70. The van der Waals surface area contributed by atoms with E-state index in [0.29, 0.717) is 0 Å². The molecule has 1 aromatic heterocycles. The summed E-state index contributed by atoms with van der Waals surface area (Å²) in [5.41, 5.74) is 2.38. The standard InChI is InChI=1S/C11H19N3/c1-5-10-9(4)12-8-13-11(10)14(6-2)7-3/h8H,5-7H2,1-4H3. The molecule has 0 bridgehead atoms. The van der Waals surface area contributed by atoms with Crippen molar-refractivity contribution in [2.24, 2.45) is 0 Å². The van der Waals surface area contributed by atoms with Gasteiger partial charge in [-0.1, -0.05) is 6.92 Å². The van der Waals surface area contributed by atoms with Crippen molar-refractivity contribution in [3.05, 3.63) is 17.6 Å². The van der Waals surface area contributed by atoms with Gasteiger partial charge in [0.25, 0.3) is 0 Å². The molecule has 0 aliphatic carbocycles. The molecule has 0 radical (unpaired) electrons. The average molecular weight is 193 g/mol. The summed E-state index contributed by atoms with van der Waals surface area (Å²) >= 11 is 0. The van der Waals surface area contributed by atoms with E-state index in [0.717, 1.165) is 31.0 Å². The van der Waals surface area contributed by atoms with Gasteiger partial charge in [0.2, 0.25) is 0 Å². The first kappa shape index (κ1) is 11.0. The normalized spacial score (nSPS) is 10.3. The molecule has 1 rings (SSSR count). The lowest BCUT2D eigenvalue weighted by atomic mass is 10.1. The maximum absolute atomic E-state index is 4.37. The number of hydrogen-bond acceptors (Lipinski definition) is 3. The molecule has 0 saturated carbocycles. The zero-order valence-corrected chi connectivity index (χ0v) is 9.54. The minimum Gasteiger partial charge on any atom is -0.357 e. The number of anilines is 1. The monoisotopic (exact) mass is 193 g/mol. The maximum atomic E-state index is 4.37.